The van der Waals surface area contributed by atoms with Gasteiger partial charge in [-0.3, -0.25) is 9.59 Å². The average Bonchev–Trinajstić information content (AvgIpc) is 2.49. The molecule has 21 heavy (non-hydrogen) atoms. The molecule has 2 N–H and O–H groups in total. The van der Waals surface area contributed by atoms with Gasteiger partial charge in [-0.15, -0.1) is 0 Å². The second-order valence-corrected chi connectivity index (χ2v) is 5.14. The van der Waals surface area contributed by atoms with Crippen molar-refractivity contribution in [3.8, 4) is 5.88 Å². The predicted molar refractivity (Wildman–Crippen MR) is 77.1 cm³/mol. The Balaban J connectivity index is 2.00. The Hall–Kier alpha value is -2.11. The van der Waals surface area contributed by atoms with E-state index in [1.807, 2.05) is 6.92 Å². The molecule has 1 aliphatic carbocycles. The Kier molecular flexibility index (Phi) is 5.14. The summed E-state index contributed by atoms with van der Waals surface area (Å²) < 4.78 is 5.23. The number of rotatable bonds is 5. The lowest BCUT2D eigenvalue weighted by Crippen LogP contribution is -2.36. The summed E-state index contributed by atoms with van der Waals surface area (Å²) >= 11 is 0. The van der Waals surface area contributed by atoms with Crippen molar-refractivity contribution in [3.63, 3.8) is 0 Å². The van der Waals surface area contributed by atoms with E-state index in [1.165, 1.54) is 6.20 Å². The Morgan fingerprint density at radius 1 is 1.33 bits per heavy atom. The largest absolute Gasteiger partial charge is 0.481 e. The summed E-state index contributed by atoms with van der Waals surface area (Å²) in [4.78, 5) is 27.6. The first-order valence-electron chi connectivity index (χ1n) is 7.24. The topological polar surface area (TPSA) is 88.5 Å². The van der Waals surface area contributed by atoms with Gasteiger partial charge >= 0.3 is 5.97 Å². The van der Waals surface area contributed by atoms with Crippen LogP contribution < -0.4 is 10.1 Å². The molecule has 0 spiro atoms. The molecule has 1 aliphatic rings. The molecule has 1 heterocycles. The third-order valence-electron chi connectivity index (χ3n) is 3.72. The Morgan fingerprint density at radius 3 is 2.62 bits per heavy atom. The van der Waals surface area contributed by atoms with E-state index in [-0.39, 0.29) is 5.91 Å². The van der Waals surface area contributed by atoms with Gasteiger partial charge in [0.15, 0.2) is 0 Å². The van der Waals surface area contributed by atoms with Crippen molar-refractivity contribution in [2.24, 2.45) is 11.8 Å². The Morgan fingerprint density at radius 2 is 2.05 bits per heavy atom. The van der Waals surface area contributed by atoms with Crippen LogP contribution in [0, 0.1) is 11.8 Å². The molecule has 6 nitrogen and oxygen atoms in total. The number of aromatic nitrogens is 1. The number of amides is 1. The van der Waals surface area contributed by atoms with Crippen molar-refractivity contribution >= 4 is 17.6 Å². The van der Waals surface area contributed by atoms with Gasteiger partial charge in [0.2, 0.25) is 11.8 Å². The lowest BCUT2D eigenvalue weighted by Gasteiger charge is -2.27. The predicted octanol–water partition coefficient (Wildman–Crippen LogP) is 2.31. The smallest absolute Gasteiger partial charge is 0.307 e. The van der Waals surface area contributed by atoms with E-state index >= 15 is 0 Å². The summed E-state index contributed by atoms with van der Waals surface area (Å²) in [6.07, 6.45) is 4.46. The third-order valence-corrected chi connectivity index (χ3v) is 3.72. The van der Waals surface area contributed by atoms with Crippen molar-refractivity contribution in [1.82, 2.24) is 4.98 Å². The molecule has 114 valence electrons. The van der Waals surface area contributed by atoms with Crippen molar-refractivity contribution in [2.75, 3.05) is 11.9 Å². The van der Waals surface area contributed by atoms with Crippen LogP contribution >= 0.6 is 0 Å². The summed E-state index contributed by atoms with van der Waals surface area (Å²) in [5, 5.41) is 12.0. The molecule has 2 atom stereocenters. The second kappa shape index (κ2) is 7.06. The Bertz CT molecular complexity index is 501. The van der Waals surface area contributed by atoms with E-state index in [0.717, 1.165) is 12.8 Å². The maximum absolute atomic E-state index is 12.3. The minimum atomic E-state index is -0.889. The molecule has 0 bridgehead atoms. The summed E-state index contributed by atoms with van der Waals surface area (Å²) in [5.41, 5.74) is 0.554. The maximum atomic E-state index is 12.3. The highest BCUT2D eigenvalue weighted by Gasteiger charge is 2.35. The molecule has 1 saturated carbocycles. The molecule has 6 heteroatoms. The summed E-state index contributed by atoms with van der Waals surface area (Å²) in [6.45, 7) is 2.40. The van der Waals surface area contributed by atoms with Crippen LogP contribution in [0.1, 0.15) is 32.6 Å². The lowest BCUT2D eigenvalue weighted by molar-refractivity contribution is -0.147. The highest BCUT2D eigenvalue weighted by atomic mass is 16.5. The number of carbonyl (C=O) groups is 2. The zero-order valence-corrected chi connectivity index (χ0v) is 12.0. The van der Waals surface area contributed by atoms with Crippen LogP contribution in [0.4, 0.5) is 5.69 Å². The van der Waals surface area contributed by atoms with E-state index < -0.39 is 17.8 Å². The molecule has 1 amide bonds. The van der Waals surface area contributed by atoms with Crippen molar-refractivity contribution in [2.45, 2.75) is 32.6 Å². The number of nitrogens with zero attached hydrogens (tertiary/aromatic N) is 1. The van der Waals surface area contributed by atoms with Crippen LogP contribution in [-0.4, -0.2) is 28.6 Å². The second-order valence-electron chi connectivity index (χ2n) is 5.14. The monoisotopic (exact) mass is 292 g/mol. The molecular weight excluding hydrogens is 272 g/mol. The molecule has 0 aliphatic heterocycles. The number of nitrogens with one attached hydrogen (secondary N) is 1. The first kappa shape index (κ1) is 15.3. The van der Waals surface area contributed by atoms with E-state index in [2.05, 4.69) is 10.3 Å². The van der Waals surface area contributed by atoms with Gasteiger partial charge in [-0.2, -0.15) is 0 Å². The van der Waals surface area contributed by atoms with Gasteiger partial charge in [0.1, 0.15) is 0 Å². The van der Waals surface area contributed by atoms with Gasteiger partial charge in [0, 0.05) is 6.07 Å². The van der Waals surface area contributed by atoms with Gasteiger partial charge < -0.3 is 15.2 Å². The number of aliphatic carboxylic acids is 1. The van der Waals surface area contributed by atoms with Gasteiger partial charge in [-0.1, -0.05) is 12.8 Å². The average molecular weight is 292 g/mol. The minimum Gasteiger partial charge on any atom is -0.481 e. The minimum absolute atomic E-state index is 0.243. The first-order valence-corrected chi connectivity index (χ1v) is 7.24. The highest BCUT2D eigenvalue weighted by molar-refractivity contribution is 5.95. The van der Waals surface area contributed by atoms with Crippen molar-refractivity contribution in [1.29, 1.82) is 0 Å². The number of hydrogen-bond acceptors (Lipinski definition) is 4. The van der Waals surface area contributed by atoms with Gasteiger partial charge in [0.25, 0.3) is 0 Å². The number of anilines is 1. The fraction of sp³-hybridized carbons (Fsp3) is 0.533. The zero-order valence-electron chi connectivity index (χ0n) is 12.0. The SMILES string of the molecule is CCOc1ccc(NC(=O)[C@@H]2CCCC[C@@H]2C(=O)O)cn1. The van der Waals surface area contributed by atoms with E-state index in [4.69, 9.17) is 4.74 Å². The molecule has 0 unspecified atom stereocenters. The molecular formula is C15H20N2O4. The number of carboxylic acid groups (broad SMARTS) is 1. The summed E-state index contributed by atoms with van der Waals surface area (Å²) in [7, 11) is 0. The molecule has 0 saturated heterocycles. The summed E-state index contributed by atoms with van der Waals surface area (Å²) in [6, 6.07) is 3.38. The number of pyridine rings is 1. The lowest BCUT2D eigenvalue weighted by atomic mass is 9.78. The van der Waals surface area contributed by atoms with Crippen LogP contribution in [0.5, 0.6) is 5.88 Å². The van der Waals surface area contributed by atoms with Gasteiger partial charge in [-0.05, 0) is 25.8 Å². The molecule has 0 radical (unpaired) electrons. The number of hydrogen-bond donors (Lipinski definition) is 2. The fourth-order valence-corrected chi connectivity index (χ4v) is 2.66. The van der Waals surface area contributed by atoms with E-state index in [1.54, 1.807) is 12.1 Å². The van der Waals surface area contributed by atoms with Crippen molar-refractivity contribution in [3.05, 3.63) is 18.3 Å². The van der Waals surface area contributed by atoms with Crippen LogP contribution in [0.15, 0.2) is 18.3 Å². The number of ether oxygens (including phenoxy) is 1. The standard InChI is InChI=1S/C15H20N2O4/c1-2-21-13-8-7-10(9-16-13)17-14(18)11-5-3-4-6-12(11)15(19)20/h7-9,11-12H,2-6H2,1H3,(H,17,18)(H,19,20)/t11-,12+/m1/s1. The van der Waals surface area contributed by atoms with Crippen LogP contribution in [-0.2, 0) is 9.59 Å². The highest BCUT2D eigenvalue weighted by Crippen LogP contribution is 2.31. The number of carbonyl (C=O) groups excluding carboxylic acids is 1. The van der Waals surface area contributed by atoms with E-state index in [0.29, 0.717) is 31.0 Å². The maximum Gasteiger partial charge on any atom is 0.307 e. The van der Waals surface area contributed by atoms with Crippen LogP contribution in [0.2, 0.25) is 0 Å². The zero-order chi connectivity index (χ0) is 15.2. The van der Waals surface area contributed by atoms with Crippen molar-refractivity contribution < 1.29 is 19.4 Å². The molecule has 1 aromatic heterocycles. The Labute approximate surface area is 123 Å². The fourth-order valence-electron chi connectivity index (χ4n) is 2.66. The summed E-state index contributed by atoms with van der Waals surface area (Å²) in [5.74, 6) is -1.69. The van der Waals surface area contributed by atoms with E-state index in [9.17, 15) is 14.7 Å². The molecule has 1 aromatic rings. The van der Waals surface area contributed by atoms with Gasteiger partial charge in [0.05, 0.1) is 30.3 Å². The third kappa shape index (κ3) is 3.93. The van der Waals surface area contributed by atoms with Crippen LogP contribution in [0.3, 0.4) is 0 Å². The number of carboxylic acids is 1. The molecule has 1 fully saturated rings. The first-order chi connectivity index (χ1) is 10.1. The normalized spacial score (nSPS) is 21.6. The molecule has 2 rings (SSSR count). The van der Waals surface area contributed by atoms with Gasteiger partial charge in [-0.25, -0.2) is 4.98 Å². The van der Waals surface area contributed by atoms with Crippen LogP contribution in [0.25, 0.3) is 0 Å². The molecule has 0 aromatic carbocycles. The quantitative estimate of drug-likeness (QED) is 0.869.